The number of benzene rings is 1. The number of aliphatic hydroxyl groups is 1. The van der Waals surface area contributed by atoms with Gasteiger partial charge in [-0.25, -0.2) is 17.5 Å². The Hall–Kier alpha value is -3.12. The Balaban J connectivity index is 1.31. The van der Waals surface area contributed by atoms with Gasteiger partial charge in [-0.2, -0.15) is 9.40 Å². The number of sulfonamides is 1. The summed E-state index contributed by atoms with van der Waals surface area (Å²) in [7, 11) is -2.17. The van der Waals surface area contributed by atoms with Gasteiger partial charge in [0.1, 0.15) is 10.7 Å². The molecule has 2 saturated heterocycles. The maximum absolute atomic E-state index is 13.7. The Kier molecular flexibility index (Phi) is 5.90. The molecule has 2 aliphatic heterocycles. The minimum absolute atomic E-state index is 0.145. The van der Waals surface area contributed by atoms with E-state index in [1.54, 1.807) is 42.4 Å². The molecule has 2 fully saturated rings. The molecular formula is C26H28FN5O4S. The topological polar surface area (TPSA) is 101 Å². The Bertz CT molecular complexity index is 1470. The van der Waals surface area contributed by atoms with Crippen LogP contribution in [-0.2, 0) is 21.2 Å². The Labute approximate surface area is 214 Å². The minimum atomic E-state index is -3.80. The van der Waals surface area contributed by atoms with Crippen molar-refractivity contribution in [1.82, 2.24) is 19.1 Å². The van der Waals surface area contributed by atoms with Crippen molar-refractivity contribution >= 4 is 21.8 Å². The first-order chi connectivity index (χ1) is 17.8. The van der Waals surface area contributed by atoms with Gasteiger partial charge in [-0.05, 0) is 54.8 Å². The summed E-state index contributed by atoms with van der Waals surface area (Å²) in [5.41, 5.74) is 3.98. The number of pyridine rings is 1. The zero-order valence-corrected chi connectivity index (χ0v) is 21.2. The third-order valence-electron chi connectivity index (χ3n) is 7.57. The van der Waals surface area contributed by atoms with E-state index in [9.17, 15) is 17.9 Å². The Morgan fingerprint density at radius 1 is 1.16 bits per heavy atom. The van der Waals surface area contributed by atoms with E-state index >= 15 is 0 Å². The first-order valence-electron chi connectivity index (χ1n) is 12.2. The molecular weight excluding hydrogens is 497 g/mol. The van der Waals surface area contributed by atoms with Crippen LogP contribution in [0.4, 0.5) is 10.1 Å². The van der Waals surface area contributed by atoms with Crippen molar-refractivity contribution in [2.75, 3.05) is 44.8 Å². The number of methoxy groups -OCH3 is 1. The van der Waals surface area contributed by atoms with Crippen molar-refractivity contribution < 1.29 is 22.7 Å². The van der Waals surface area contributed by atoms with Crippen molar-refractivity contribution in [1.29, 1.82) is 0 Å². The van der Waals surface area contributed by atoms with Crippen LogP contribution in [0.5, 0.6) is 0 Å². The van der Waals surface area contributed by atoms with Gasteiger partial charge in [0.25, 0.3) is 0 Å². The van der Waals surface area contributed by atoms with E-state index in [0.717, 1.165) is 22.5 Å². The molecule has 0 amide bonds. The monoisotopic (exact) mass is 525 g/mol. The molecule has 37 heavy (non-hydrogen) atoms. The number of fused-ring (bicyclic) bond motifs is 2. The molecule has 1 atom stereocenters. The molecule has 0 saturated carbocycles. The average molecular weight is 526 g/mol. The minimum Gasteiger partial charge on any atom is -0.389 e. The lowest BCUT2D eigenvalue weighted by molar-refractivity contribution is 0.0733. The molecule has 9 nitrogen and oxygen atoms in total. The molecule has 194 valence electrons. The van der Waals surface area contributed by atoms with Gasteiger partial charge in [0.05, 0.1) is 42.2 Å². The highest BCUT2D eigenvalue weighted by Gasteiger charge is 2.46. The van der Waals surface area contributed by atoms with Gasteiger partial charge in [0, 0.05) is 44.9 Å². The number of hydrogen-bond donors (Lipinski definition) is 1. The normalized spacial score (nSPS) is 22.2. The molecule has 0 bridgehead atoms. The number of halogens is 1. The van der Waals surface area contributed by atoms with E-state index in [4.69, 9.17) is 4.74 Å². The van der Waals surface area contributed by atoms with Crippen LogP contribution in [0.15, 0.2) is 59.4 Å². The first-order valence-corrected chi connectivity index (χ1v) is 13.6. The van der Waals surface area contributed by atoms with Crippen molar-refractivity contribution in [3.05, 3.63) is 71.6 Å². The smallest absolute Gasteiger partial charge is 0.244 e. The lowest BCUT2D eigenvalue weighted by atomic mass is 9.69. The number of hydrogen-bond acceptors (Lipinski definition) is 7. The first kappa shape index (κ1) is 24.2. The molecule has 1 aromatic carbocycles. The standard InChI is InChI=1S/C26H28FN5O4S/c1-36-17-26-10-18-11-29-32(21-4-2-20(27)3-5-21)25(18)8-19(26)6-7-31(16-26)37(34,35)24-9-22(12-28-13-24)30-14-23(33)15-30/h2-5,8-9,11-13,23,33H,6-7,10,14-17H2,1H3/t26-/m1/s1. The number of β-amino-alcohol motifs (C(OH)–C–C–N with tert-alkyl or cyclic N) is 1. The number of aromatic nitrogens is 3. The summed E-state index contributed by atoms with van der Waals surface area (Å²) < 4.78 is 49.9. The maximum atomic E-state index is 13.7. The molecule has 0 spiro atoms. The van der Waals surface area contributed by atoms with E-state index in [2.05, 4.69) is 16.2 Å². The summed E-state index contributed by atoms with van der Waals surface area (Å²) in [5, 5.41) is 14.2. The van der Waals surface area contributed by atoms with E-state index in [1.165, 1.54) is 22.6 Å². The quantitative estimate of drug-likeness (QED) is 0.527. The van der Waals surface area contributed by atoms with Crippen LogP contribution >= 0.6 is 0 Å². The molecule has 0 unspecified atom stereocenters. The van der Waals surface area contributed by atoms with E-state index in [1.807, 2.05) is 4.90 Å². The van der Waals surface area contributed by atoms with Crippen molar-refractivity contribution in [2.45, 2.75) is 23.8 Å². The number of rotatable bonds is 6. The average Bonchev–Trinajstić information content (AvgIpc) is 3.27. The zero-order valence-electron chi connectivity index (χ0n) is 20.4. The van der Waals surface area contributed by atoms with Crippen LogP contribution in [0.2, 0.25) is 0 Å². The second kappa shape index (κ2) is 9.02. The summed E-state index contributed by atoms with van der Waals surface area (Å²) in [6, 6.07) is 7.83. The van der Waals surface area contributed by atoms with Gasteiger partial charge in [-0.15, -0.1) is 0 Å². The van der Waals surface area contributed by atoms with Crippen LogP contribution < -0.4 is 4.90 Å². The highest BCUT2D eigenvalue weighted by atomic mass is 32.2. The summed E-state index contributed by atoms with van der Waals surface area (Å²) in [5.74, 6) is -0.306. The third kappa shape index (κ3) is 4.15. The van der Waals surface area contributed by atoms with Gasteiger partial charge in [0.15, 0.2) is 0 Å². The molecule has 11 heteroatoms. The van der Waals surface area contributed by atoms with E-state index in [-0.39, 0.29) is 17.3 Å². The van der Waals surface area contributed by atoms with Crippen molar-refractivity contribution in [2.24, 2.45) is 5.41 Å². The highest BCUT2D eigenvalue weighted by molar-refractivity contribution is 7.89. The van der Waals surface area contributed by atoms with Crippen LogP contribution in [-0.4, -0.2) is 78.6 Å². The Morgan fingerprint density at radius 2 is 1.95 bits per heavy atom. The van der Waals surface area contributed by atoms with Crippen molar-refractivity contribution in [3.63, 3.8) is 0 Å². The van der Waals surface area contributed by atoms with Crippen molar-refractivity contribution in [3.8, 4) is 5.69 Å². The third-order valence-corrected chi connectivity index (χ3v) is 9.38. The van der Waals surface area contributed by atoms with Gasteiger partial charge < -0.3 is 14.7 Å². The van der Waals surface area contributed by atoms with E-state index < -0.39 is 21.5 Å². The lowest BCUT2D eigenvalue weighted by Crippen LogP contribution is -2.51. The van der Waals surface area contributed by atoms with Gasteiger partial charge in [-0.1, -0.05) is 5.57 Å². The van der Waals surface area contributed by atoms with Gasteiger partial charge >= 0.3 is 0 Å². The number of anilines is 1. The molecule has 4 heterocycles. The molecule has 0 radical (unpaired) electrons. The number of piperidine rings is 1. The second-order valence-corrected chi connectivity index (χ2v) is 12.0. The lowest BCUT2D eigenvalue weighted by Gasteiger charge is -2.45. The van der Waals surface area contributed by atoms with Crippen LogP contribution in [0.25, 0.3) is 11.8 Å². The molecule has 2 aromatic heterocycles. The van der Waals surface area contributed by atoms with Crippen LogP contribution in [0.1, 0.15) is 17.7 Å². The summed E-state index contributed by atoms with van der Waals surface area (Å²) >= 11 is 0. The molecule has 3 aromatic rings. The highest BCUT2D eigenvalue weighted by Crippen LogP contribution is 2.45. The SMILES string of the molecule is COC[C@]12Cc3cnn(-c4ccc(F)cc4)c3C=C1CCN(S(=O)(=O)c1cncc(N3CC(O)C3)c1)C2. The summed E-state index contributed by atoms with van der Waals surface area (Å²) in [6.07, 6.45) is 7.64. The zero-order chi connectivity index (χ0) is 25.8. The largest absolute Gasteiger partial charge is 0.389 e. The molecule has 1 aliphatic carbocycles. The fourth-order valence-electron chi connectivity index (χ4n) is 5.63. The maximum Gasteiger partial charge on any atom is 0.244 e. The predicted octanol–water partition coefficient (Wildman–Crippen LogP) is 2.25. The Morgan fingerprint density at radius 3 is 2.68 bits per heavy atom. The molecule has 1 N–H and O–H groups in total. The van der Waals surface area contributed by atoms with E-state index in [0.29, 0.717) is 44.8 Å². The van der Waals surface area contributed by atoms with Crippen LogP contribution in [0.3, 0.4) is 0 Å². The number of aliphatic hydroxyl groups excluding tert-OH is 1. The fourth-order valence-corrected chi connectivity index (χ4v) is 7.14. The molecule has 3 aliphatic rings. The fraction of sp³-hybridized carbons (Fsp3) is 0.385. The van der Waals surface area contributed by atoms with Gasteiger partial charge in [-0.3, -0.25) is 4.98 Å². The second-order valence-electron chi connectivity index (χ2n) is 10.0. The number of ether oxygens (including phenoxy) is 1. The predicted molar refractivity (Wildman–Crippen MR) is 135 cm³/mol. The molecule has 6 rings (SSSR count). The van der Waals surface area contributed by atoms with Gasteiger partial charge in [0.2, 0.25) is 10.0 Å². The summed E-state index contributed by atoms with van der Waals surface area (Å²) in [4.78, 5) is 6.23. The summed E-state index contributed by atoms with van der Waals surface area (Å²) in [6.45, 7) is 1.92. The van der Waals surface area contributed by atoms with Crippen LogP contribution in [0, 0.1) is 11.2 Å². The number of nitrogens with zero attached hydrogens (tertiary/aromatic N) is 5.